The molecule has 0 radical (unpaired) electrons. The predicted octanol–water partition coefficient (Wildman–Crippen LogP) is 2.71. The summed E-state index contributed by atoms with van der Waals surface area (Å²) in [5.74, 6) is 0.749. The maximum atomic E-state index is 6.14. The van der Waals surface area contributed by atoms with Gasteiger partial charge in [0.05, 0.1) is 5.60 Å². The van der Waals surface area contributed by atoms with Gasteiger partial charge in [0.2, 0.25) is 0 Å². The number of hydrogen-bond acceptors (Lipinski definition) is 2. The first-order chi connectivity index (χ1) is 6.62. The molecule has 0 aromatic carbocycles. The van der Waals surface area contributed by atoms with E-state index in [-0.39, 0.29) is 5.60 Å². The highest BCUT2D eigenvalue weighted by atomic mass is 16.5. The Morgan fingerprint density at radius 1 is 1.43 bits per heavy atom. The lowest BCUT2D eigenvalue weighted by molar-refractivity contribution is -0.0823. The van der Waals surface area contributed by atoms with Crippen LogP contribution in [0.4, 0.5) is 0 Å². The lowest BCUT2D eigenvalue weighted by Crippen LogP contribution is -2.44. The molecule has 2 nitrogen and oxygen atoms in total. The van der Waals surface area contributed by atoms with Crippen LogP contribution in [-0.2, 0) is 4.74 Å². The first kappa shape index (κ1) is 12.0. The summed E-state index contributed by atoms with van der Waals surface area (Å²) in [6.07, 6.45) is 7.14. The second-order valence-electron chi connectivity index (χ2n) is 4.95. The van der Waals surface area contributed by atoms with Crippen LogP contribution >= 0.6 is 0 Å². The highest BCUT2D eigenvalue weighted by molar-refractivity contribution is 4.92. The second kappa shape index (κ2) is 5.13. The van der Waals surface area contributed by atoms with Gasteiger partial charge < -0.3 is 10.5 Å². The third-order valence-electron chi connectivity index (χ3n) is 3.73. The largest absolute Gasteiger partial charge is 0.378 e. The molecule has 0 bridgehead atoms. The van der Waals surface area contributed by atoms with Crippen LogP contribution in [-0.4, -0.2) is 18.8 Å². The average molecular weight is 199 g/mol. The number of hydrogen-bond donors (Lipinski definition) is 1. The fourth-order valence-electron chi connectivity index (χ4n) is 2.31. The monoisotopic (exact) mass is 199 g/mol. The molecular formula is C12H25NO. The van der Waals surface area contributed by atoms with Gasteiger partial charge in [0.15, 0.2) is 0 Å². The van der Waals surface area contributed by atoms with Crippen LogP contribution in [0, 0.1) is 5.92 Å². The molecule has 2 unspecified atom stereocenters. The SMILES string of the molecule is CCC(C)CC(N)CC1(OC)CCC1. The summed E-state index contributed by atoms with van der Waals surface area (Å²) in [5.41, 5.74) is 6.29. The summed E-state index contributed by atoms with van der Waals surface area (Å²) >= 11 is 0. The average Bonchev–Trinajstić information content (AvgIpc) is 2.11. The van der Waals surface area contributed by atoms with E-state index in [4.69, 9.17) is 10.5 Å². The fourth-order valence-corrected chi connectivity index (χ4v) is 2.31. The van der Waals surface area contributed by atoms with Crippen LogP contribution in [0.1, 0.15) is 52.4 Å². The minimum atomic E-state index is 0.146. The van der Waals surface area contributed by atoms with Crippen molar-refractivity contribution in [3.05, 3.63) is 0 Å². The topological polar surface area (TPSA) is 35.2 Å². The minimum Gasteiger partial charge on any atom is -0.378 e. The zero-order chi connectivity index (χ0) is 10.6. The van der Waals surface area contributed by atoms with Gasteiger partial charge in [0.1, 0.15) is 0 Å². The molecule has 1 rings (SSSR count). The van der Waals surface area contributed by atoms with Crippen LogP contribution in [0.15, 0.2) is 0 Å². The molecule has 2 heteroatoms. The van der Waals surface area contributed by atoms with Crippen molar-refractivity contribution in [3.8, 4) is 0 Å². The third kappa shape index (κ3) is 2.96. The van der Waals surface area contributed by atoms with Gasteiger partial charge in [-0.25, -0.2) is 0 Å². The van der Waals surface area contributed by atoms with Crippen LogP contribution in [0.3, 0.4) is 0 Å². The number of nitrogens with two attached hydrogens (primary N) is 1. The molecule has 1 saturated carbocycles. The minimum absolute atomic E-state index is 0.146. The fraction of sp³-hybridized carbons (Fsp3) is 1.00. The molecule has 0 heterocycles. The van der Waals surface area contributed by atoms with Gasteiger partial charge in [-0.1, -0.05) is 20.3 Å². The molecular weight excluding hydrogens is 174 g/mol. The van der Waals surface area contributed by atoms with E-state index < -0.39 is 0 Å². The van der Waals surface area contributed by atoms with E-state index in [1.807, 2.05) is 7.11 Å². The maximum absolute atomic E-state index is 6.14. The van der Waals surface area contributed by atoms with E-state index in [0.29, 0.717) is 6.04 Å². The third-order valence-corrected chi connectivity index (χ3v) is 3.73. The van der Waals surface area contributed by atoms with Crippen molar-refractivity contribution < 1.29 is 4.74 Å². The summed E-state index contributed by atoms with van der Waals surface area (Å²) in [6, 6.07) is 0.324. The van der Waals surface area contributed by atoms with E-state index in [2.05, 4.69) is 13.8 Å². The molecule has 1 aliphatic rings. The van der Waals surface area contributed by atoms with Crippen LogP contribution in [0.25, 0.3) is 0 Å². The standard InChI is InChI=1S/C12H25NO/c1-4-10(2)8-11(13)9-12(14-3)6-5-7-12/h10-11H,4-9,13H2,1-3H3. The maximum Gasteiger partial charge on any atom is 0.0693 e. The second-order valence-corrected chi connectivity index (χ2v) is 4.95. The van der Waals surface area contributed by atoms with Crippen molar-refractivity contribution in [2.24, 2.45) is 11.7 Å². The predicted molar refractivity (Wildman–Crippen MR) is 60.3 cm³/mol. The summed E-state index contributed by atoms with van der Waals surface area (Å²) in [5, 5.41) is 0. The Labute approximate surface area is 88.2 Å². The van der Waals surface area contributed by atoms with Crippen molar-refractivity contribution in [1.82, 2.24) is 0 Å². The summed E-state index contributed by atoms with van der Waals surface area (Å²) in [7, 11) is 1.83. The van der Waals surface area contributed by atoms with Gasteiger partial charge in [-0.15, -0.1) is 0 Å². The zero-order valence-electron chi connectivity index (χ0n) is 9.88. The highest BCUT2D eigenvalue weighted by Gasteiger charge is 2.38. The van der Waals surface area contributed by atoms with Gasteiger partial charge in [0, 0.05) is 13.2 Å². The van der Waals surface area contributed by atoms with Crippen LogP contribution < -0.4 is 5.73 Å². The number of ether oxygens (including phenoxy) is 1. The quantitative estimate of drug-likeness (QED) is 0.714. The van der Waals surface area contributed by atoms with Gasteiger partial charge >= 0.3 is 0 Å². The first-order valence-corrected chi connectivity index (χ1v) is 5.92. The zero-order valence-corrected chi connectivity index (χ0v) is 9.88. The number of rotatable bonds is 6. The van der Waals surface area contributed by atoms with Gasteiger partial charge in [-0.2, -0.15) is 0 Å². The van der Waals surface area contributed by atoms with Crippen molar-refractivity contribution in [2.45, 2.75) is 64.0 Å². The van der Waals surface area contributed by atoms with Gasteiger partial charge in [-0.05, 0) is 38.0 Å². The Morgan fingerprint density at radius 2 is 2.07 bits per heavy atom. The molecule has 0 amide bonds. The van der Waals surface area contributed by atoms with Crippen molar-refractivity contribution in [2.75, 3.05) is 7.11 Å². The molecule has 84 valence electrons. The summed E-state index contributed by atoms with van der Waals surface area (Å²) < 4.78 is 5.58. The van der Waals surface area contributed by atoms with Crippen molar-refractivity contribution >= 4 is 0 Å². The summed E-state index contributed by atoms with van der Waals surface area (Å²) in [6.45, 7) is 4.51. The van der Waals surface area contributed by atoms with Crippen molar-refractivity contribution in [3.63, 3.8) is 0 Å². The van der Waals surface area contributed by atoms with Gasteiger partial charge in [0.25, 0.3) is 0 Å². The van der Waals surface area contributed by atoms with Crippen LogP contribution in [0.5, 0.6) is 0 Å². The molecule has 0 aromatic rings. The summed E-state index contributed by atoms with van der Waals surface area (Å²) in [4.78, 5) is 0. The Hall–Kier alpha value is -0.0800. The van der Waals surface area contributed by atoms with Gasteiger partial charge in [-0.3, -0.25) is 0 Å². The van der Waals surface area contributed by atoms with Crippen molar-refractivity contribution in [1.29, 1.82) is 0 Å². The molecule has 0 saturated heterocycles. The normalized spacial score (nSPS) is 24.0. The van der Waals surface area contributed by atoms with E-state index in [1.54, 1.807) is 0 Å². The van der Waals surface area contributed by atoms with E-state index in [9.17, 15) is 0 Å². The molecule has 1 aliphatic carbocycles. The Balaban J connectivity index is 2.28. The lowest BCUT2D eigenvalue weighted by atomic mass is 9.74. The molecule has 0 aromatic heterocycles. The number of methoxy groups -OCH3 is 1. The Kier molecular flexibility index (Phi) is 4.39. The molecule has 14 heavy (non-hydrogen) atoms. The Bertz CT molecular complexity index is 160. The first-order valence-electron chi connectivity index (χ1n) is 5.92. The molecule has 0 spiro atoms. The molecule has 2 atom stereocenters. The Morgan fingerprint density at radius 3 is 2.43 bits per heavy atom. The lowest BCUT2D eigenvalue weighted by Gasteiger charge is -2.42. The van der Waals surface area contributed by atoms with E-state index in [0.717, 1.165) is 18.8 Å². The molecule has 0 aliphatic heterocycles. The highest BCUT2D eigenvalue weighted by Crippen LogP contribution is 2.39. The van der Waals surface area contributed by atoms with Crippen LogP contribution in [0.2, 0.25) is 0 Å². The molecule has 2 N–H and O–H groups in total. The smallest absolute Gasteiger partial charge is 0.0693 e. The van der Waals surface area contributed by atoms with E-state index >= 15 is 0 Å². The van der Waals surface area contributed by atoms with E-state index in [1.165, 1.54) is 25.7 Å². The molecule has 1 fully saturated rings.